The maximum atomic E-state index is 11.4. The molecule has 1 amide bonds. The van der Waals surface area contributed by atoms with Gasteiger partial charge in [-0.3, -0.25) is 9.79 Å². The number of hydrogen-bond acceptors (Lipinski definition) is 5. The molecule has 28 heavy (non-hydrogen) atoms. The topological polar surface area (TPSA) is 95.6 Å². The smallest absolute Gasteiger partial charge is 0.220 e. The second-order valence-corrected chi connectivity index (χ2v) is 8.73. The predicted molar refractivity (Wildman–Crippen MR) is 117 cm³/mol. The van der Waals surface area contributed by atoms with Gasteiger partial charge in [-0.2, -0.15) is 11.8 Å². The number of nitrogens with two attached hydrogens (primary N) is 1. The number of aliphatic imine (C=N–C) groups is 1. The summed E-state index contributed by atoms with van der Waals surface area (Å²) in [4.78, 5) is 22.7. The van der Waals surface area contributed by atoms with Crippen LogP contribution in [-0.4, -0.2) is 54.5 Å². The van der Waals surface area contributed by atoms with Crippen LogP contribution in [0, 0.1) is 5.92 Å². The summed E-state index contributed by atoms with van der Waals surface area (Å²) >= 11 is 1.96. The lowest BCUT2D eigenvalue weighted by atomic mass is 9.96. The Hall–Kier alpha value is -1.96. The molecule has 0 radical (unpaired) electrons. The van der Waals surface area contributed by atoms with Gasteiger partial charge in [0.15, 0.2) is 5.96 Å². The number of piperidine rings is 1. The Kier molecular flexibility index (Phi) is 7.42. The lowest BCUT2D eigenvalue weighted by Crippen LogP contribution is -2.43. The average Bonchev–Trinajstić information content (AvgIpc) is 3.19. The number of carbonyl (C=O) groups is 1. The fourth-order valence-electron chi connectivity index (χ4n) is 4.08. The van der Waals surface area contributed by atoms with Crippen LogP contribution in [0.3, 0.4) is 0 Å². The molecule has 0 aromatic carbocycles. The van der Waals surface area contributed by atoms with Crippen molar-refractivity contribution < 1.29 is 4.79 Å². The Morgan fingerprint density at radius 1 is 1.36 bits per heavy atom. The molecule has 1 saturated heterocycles. The van der Waals surface area contributed by atoms with Crippen molar-refractivity contribution >= 4 is 29.4 Å². The molecular formula is C20H32N6OS. The maximum Gasteiger partial charge on any atom is 0.220 e. The lowest BCUT2D eigenvalue weighted by Gasteiger charge is -2.32. The highest BCUT2D eigenvalue weighted by Crippen LogP contribution is 2.28. The number of amides is 1. The van der Waals surface area contributed by atoms with Gasteiger partial charge in [-0.15, -0.1) is 0 Å². The van der Waals surface area contributed by atoms with Crippen LogP contribution in [0.15, 0.2) is 23.3 Å². The van der Waals surface area contributed by atoms with Crippen molar-refractivity contribution in [2.45, 2.75) is 49.9 Å². The summed E-state index contributed by atoms with van der Waals surface area (Å²) in [5.41, 5.74) is 6.59. The van der Waals surface area contributed by atoms with Crippen LogP contribution >= 0.6 is 11.8 Å². The van der Waals surface area contributed by atoms with Crippen LogP contribution in [0.4, 0.5) is 5.82 Å². The lowest BCUT2D eigenvalue weighted by molar-refractivity contribution is -0.122. The molecule has 1 aromatic heterocycles. The fraction of sp³-hybridized carbons (Fsp3) is 0.650. The molecule has 2 heterocycles. The molecule has 7 nitrogen and oxygen atoms in total. The van der Waals surface area contributed by atoms with Gasteiger partial charge >= 0.3 is 0 Å². The zero-order chi connectivity index (χ0) is 19.9. The number of primary amides is 1. The first kappa shape index (κ1) is 20.8. The van der Waals surface area contributed by atoms with Crippen LogP contribution in [0.1, 0.15) is 37.7 Å². The Balaban J connectivity index is 1.56. The third-order valence-electron chi connectivity index (χ3n) is 5.79. The van der Waals surface area contributed by atoms with E-state index in [-0.39, 0.29) is 11.8 Å². The Morgan fingerprint density at radius 3 is 2.79 bits per heavy atom. The number of aromatic nitrogens is 1. The molecule has 0 spiro atoms. The van der Waals surface area contributed by atoms with E-state index >= 15 is 0 Å². The zero-order valence-corrected chi connectivity index (χ0v) is 17.7. The van der Waals surface area contributed by atoms with Gasteiger partial charge in [0, 0.05) is 55.7 Å². The molecule has 1 aromatic rings. The van der Waals surface area contributed by atoms with Crippen molar-refractivity contribution in [3.05, 3.63) is 23.9 Å². The molecule has 2 unspecified atom stereocenters. The van der Waals surface area contributed by atoms with Crippen LogP contribution in [0.5, 0.6) is 0 Å². The number of nitrogens with zero attached hydrogens (tertiary/aromatic N) is 3. The van der Waals surface area contributed by atoms with Crippen LogP contribution in [0.2, 0.25) is 0 Å². The molecule has 1 aliphatic heterocycles. The van der Waals surface area contributed by atoms with E-state index in [0.29, 0.717) is 12.6 Å². The zero-order valence-electron chi connectivity index (χ0n) is 16.9. The predicted octanol–water partition coefficient (Wildman–Crippen LogP) is 1.73. The van der Waals surface area contributed by atoms with Gasteiger partial charge in [-0.25, -0.2) is 4.98 Å². The van der Waals surface area contributed by atoms with E-state index in [4.69, 9.17) is 5.73 Å². The number of thioether (sulfide) groups is 1. The van der Waals surface area contributed by atoms with Crippen LogP contribution in [0.25, 0.3) is 0 Å². The Labute approximate surface area is 171 Å². The standard InChI is InChI=1S/C20H32N6OS/c1-22-20(25-16-5-6-17(12-16)28-2)24-13-15-4-3-9-23-19(15)26-10-7-14(8-11-26)18(21)27/h3-4,9,14,16-17H,5-8,10-13H2,1-2H3,(H2,21,27)(H2,22,24,25). The molecule has 2 fully saturated rings. The molecule has 0 bridgehead atoms. The molecule has 3 rings (SSSR count). The largest absolute Gasteiger partial charge is 0.369 e. The minimum atomic E-state index is -0.187. The molecule has 8 heteroatoms. The molecular weight excluding hydrogens is 372 g/mol. The minimum Gasteiger partial charge on any atom is -0.369 e. The van der Waals surface area contributed by atoms with Gasteiger partial charge in [0.25, 0.3) is 0 Å². The van der Waals surface area contributed by atoms with E-state index in [9.17, 15) is 4.79 Å². The number of guanidine groups is 1. The first-order valence-corrected chi connectivity index (χ1v) is 11.4. The van der Waals surface area contributed by atoms with Gasteiger partial charge in [0.05, 0.1) is 0 Å². The Morgan fingerprint density at radius 2 is 2.14 bits per heavy atom. The van der Waals surface area contributed by atoms with Gasteiger partial charge in [-0.1, -0.05) is 6.07 Å². The summed E-state index contributed by atoms with van der Waals surface area (Å²) in [7, 11) is 1.81. The van der Waals surface area contributed by atoms with Crippen molar-refractivity contribution in [1.82, 2.24) is 15.6 Å². The second-order valence-electron chi connectivity index (χ2n) is 7.59. The molecule has 1 saturated carbocycles. The van der Waals surface area contributed by atoms with Crippen molar-refractivity contribution in [1.29, 1.82) is 0 Å². The highest BCUT2D eigenvalue weighted by molar-refractivity contribution is 7.99. The normalized spacial score (nSPS) is 23.6. The van der Waals surface area contributed by atoms with E-state index in [1.54, 1.807) is 0 Å². The quantitative estimate of drug-likeness (QED) is 0.494. The maximum absolute atomic E-state index is 11.4. The van der Waals surface area contributed by atoms with Crippen molar-refractivity contribution in [2.75, 3.05) is 31.3 Å². The summed E-state index contributed by atoms with van der Waals surface area (Å²) in [6, 6.07) is 4.56. The van der Waals surface area contributed by atoms with Crippen molar-refractivity contribution in [3.8, 4) is 0 Å². The minimum absolute atomic E-state index is 0.0129. The Bertz CT molecular complexity index is 689. The number of pyridine rings is 1. The molecule has 2 aliphatic rings. The van der Waals surface area contributed by atoms with Crippen LogP contribution in [-0.2, 0) is 11.3 Å². The average molecular weight is 405 g/mol. The molecule has 154 valence electrons. The fourth-order valence-corrected chi connectivity index (χ4v) is 4.88. The van der Waals surface area contributed by atoms with Crippen LogP contribution < -0.4 is 21.3 Å². The third kappa shape index (κ3) is 5.31. The van der Waals surface area contributed by atoms with Gasteiger partial charge in [-0.05, 0) is 44.4 Å². The first-order chi connectivity index (χ1) is 13.6. The van der Waals surface area contributed by atoms with Gasteiger partial charge in [0.2, 0.25) is 5.91 Å². The molecule has 1 aliphatic carbocycles. The summed E-state index contributed by atoms with van der Waals surface area (Å²) in [5.74, 6) is 1.62. The number of carbonyl (C=O) groups excluding carboxylic acids is 1. The molecule has 4 N–H and O–H groups in total. The second kappa shape index (κ2) is 10.0. The van der Waals surface area contributed by atoms with Crippen molar-refractivity contribution in [2.24, 2.45) is 16.6 Å². The van der Waals surface area contributed by atoms with Crippen molar-refractivity contribution in [3.63, 3.8) is 0 Å². The number of rotatable bonds is 6. The van der Waals surface area contributed by atoms with E-state index < -0.39 is 0 Å². The molecule has 2 atom stereocenters. The van der Waals surface area contributed by atoms with Gasteiger partial charge in [0.1, 0.15) is 5.82 Å². The summed E-state index contributed by atoms with van der Waals surface area (Å²) in [6.07, 6.45) is 9.25. The van der Waals surface area contributed by atoms with E-state index in [2.05, 4.69) is 37.8 Å². The van der Waals surface area contributed by atoms with Gasteiger partial charge < -0.3 is 21.3 Å². The summed E-state index contributed by atoms with van der Waals surface area (Å²) in [6.45, 7) is 2.28. The highest BCUT2D eigenvalue weighted by atomic mass is 32.2. The van der Waals surface area contributed by atoms with E-state index in [1.165, 1.54) is 19.3 Å². The van der Waals surface area contributed by atoms with E-state index in [0.717, 1.165) is 48.5 Å². The summed E-state index contributed by atoms with van der Waals surface area (Å²) < 4.78 is 0. The first-order valence-electron chi connectivity index (χ1n) is 10.1. The number of nitrogens with one attached hydrogen (secondary N) is 2. The third-order valence-corrected chi connectivity index (χ3v) is 6.89. The highest BCUT2D eigenvalue weighted by Gasteiger charge is 2.26. The SMILES string of the molecule is CN=C(NCc1cccnc1N1CCC(C(N)=O)CC1)NC1CCC(SC)C1. The summed E-state index contributed by atoms with van der Waals surface area (Å²) in [5, 5.41) is 7.75. The number of anilines is 1. The number of hydrogen-bond donors (Lipinski definition) is 3. The monoisotopic (exact) mass is 404 g/mol. The van der Waals surface area contributed by atoms with E-state index in [1.807, 2.05) is 31.1 Å².